The molecule has 0 bridgehead atoms. The quantitative estimate of drug-likeness (QED) is 0.169. The van der Waals surface area contributed by atoms with Gasteiger partial charge in [-0.05, 0) is 26.7 Å². The SMILES string of the molecule is CCCCCCCCCCCCCCCCCC(=O)OC(C)(C)CCC. The summed E-state index contributed by atoms with van der Waals surface area (Å²) in [6.45, 7) is 8.44. The second-order valence-electron chi connectivity index (χ2n) is 8.68. The fraction of sp³-hybridized carbons (Fsp3) is 0.958. The molecule has 0 heterocycles. The van der Waals surface area contributed by atoms with Crippen LogP contribution in [0, 0.1) is 0 Å². The molecular formula is C24H48O2. The number of ether oxygens (including phenoxy) is 1. The molecule has 0 saturated heterocycles. The highest BCUT2D eigenvalue weighted by atomic mass is 16.6. The van der Waals surface area contributed by atoms with E-state index in [4.69, 9.17) is 4.74 Å². The third-order valence-electron chi connectivity index (χ3n) is 5.23. The van der Waals surface area contributed by atoms with Crippen molar-refractivity contribution in [1.82, 2.24) is 0 Å². The predicted octanol–water partition coefficient (Wildman–Crippen LogP) is 8.37. The first-order chi connectivity index (χ1) is 12.5. The van der Waals surface area contributed by atoms with Gasteiger partial charge in [-0.3, -0.25) is 4.79 Å². The molecule has 0 unspecified atom stereocenters. The zero-order valence-corrected chi connectivity index (χ0v) is 18.5. The van der Waals surface area contributed by atoms with Crippen LogP contribution in [0.5, 0.6) is 0 Å². The number of unbranched alkanes of at least 4 members (excludes halogenated alkanes) is 14. The van der Waals surface area contributed by atoms with Crippen LogP contribution in [0.1, 0.15) is 143 Å². The molecule has 0 aliphatic carbocycles. The van der Waals surface area contributed by atoms with Gasteiger partial charge in [0.25, 0.3) is 0 Å². The van der Waals surface area contributed by atoms with Gasteiger partial charge in [-0.2, -0.15) is 0 Å². The highest BCUT2D eigenvalue weighted by Crippen LogP contribution is 2.18. The lowest BCUT2D eigenvalue weighted by Gasteiger charge is -2.24. The topological polar surface area (TPSA) is 26.3 Å². The third kappa shape index (κ3) is 18.3. The van der Waals surface area contributed by atoms with Crippen LogP contribution in [0.25, 0.3) is 0 Å². The van der Waals surface area contributed by atoms with Gasteiger partial charge in [0.05, 0.1) is 0 Å². The Morgan fingerprint density at radius 3 is 1.38 bits per heavy atom. The Morgan fingerprint density at radius 1 is 0.615 bits per heavy atom. The number of rotatable bonds is 19. The molecule has 0 rings (SSSR count). The molecule has 2 heteroatoms. The summed E-state index contributed by atoms with van der Waals surface area (Å²) in [5.41, 5.74) is -0.290. The Morgan fingerprint density at radius 2 is 1.00 bits per heavy atom. The first-order valence-electron chi connectivity index (χ1n) is 11.7. The molecule has 0 aliphatic heterocycles. The Hall–Kier alpha value is -0.530. The van der Waals surface area contributed by atoms with Crippen molar-refractivity contribution in [2.24, 2.45) is 0 Å². The van der Waals surface area contributed by atoms with Crippen molar-refractivity contribution < 1.29 is 9.53 Å². The van der Waals surface area contributed by atoms with E-state index in [9.17, 15) is 4.79 Å². The minimum atomic E-state index is -0.290. The van der Waals surface area contributed by atoms with Crippen molar-refractivity contribution in [1.29, 1.82) is 0 Å². The Labute approximate surface area is 164 Å². The molecule has 0 amide bonds. The second kappa shape index (κ2) is 17.9. The molecule has 2 nitrogen and oxygen atoms in total. The summed E-state index contributed by atoms with van der Waals surface area (Å²) in [4.78, 5) is 11.8. The monoisotopic (exact) mass is 368 g/mol. The highest BCUT2D eigenvalue weighted by molar-refractivity contribution is 5.69. The summed E-state index contributed by atoms with van der Waals surface area (Å²) in [5.74, 6) is -0.0156. The number of hydrogen-bond acceptors (Lipinski definition) is 2. The zero-order chi connectivity index (χ0) is 19.5. The van der Waals surface area contributed by atoms with E-state index in [1.807, 2.05) is 13.8 Å². The van der Waals surface area contributed by atoms with E-state index in [1.54, 1.807) is 0 Å². The molecule has 0 fully saturated rings. The van der Waals surface area contributed by atoms with Crippen LogP contribution >= 0.6 is 0 Å². The summed E-state index contributed by atoms with van der Waals surface area (Å²) in [6.07, 6.45) is 22.9. The first kappa shape index (κ1) is 25.5. The maximum atomic E-state index is 11.8. The van der Waals surface area contributed by atoms with Crippen LogP contribution in [0.2, 0.25) is 0 Å². The highest BCUT2D eigenvalue weighted by Gasteiger charge is 2.21. The average Bonchev–Trinajstić information content (AvgIpc) is 2.57. The van der Waals surface area contributed by atoms with Gasteiger partial charge < -0.3 is 4.74 Å². The van der Waals surface area contributed by atoms with E-state index in [0.29, 0.717) is 6.42 Å². The van der Waals surface area contributed by atoms with Crippen LogP contribution in [0.15, 0.2) is 0 Å². The van der Waals surface area contributed by atoms with Crippen molar-refractivity contribution in [3.05, 3.63) is 0 Å². The molecule has 0 radical (unpaired) electrons. The first-order valence-corrected chi connectivity index (χ1v) is 11.7. The number of esters is 1. The molecule has 0 aromatic rings. The lowest BCUT2D eigenvalue weighted by molar-refractivity contribution is -0.157. The van der Waals surface area contributed by atoms with E-state index in [-0.39, 0.29) is 11.6 Å². The van der Waals surface area contributed by atoms with Crippen LogP contribution < -0.4 is 0 Å². The van der Waals surface area contributed by atoms with Crippen LogP contribution in [-0.2, 0) is 9.53 Å². The van der Waals surface area contributed by atoms with Gasteiger partial charge in [-0.15, -0.1) is 0 Å². The molecule has 156 valence electrons. The summed E-state index contributed by atoms with van der Waals surface area (Å²) in [5, 5.41) is 0. The largest absolute Gasteiger partial charge is 0.460 e. The van der Waals surface area contributed by atoms with Gasteiger partial charge in [0.15, 0.2) is 0 Å². The average molecular weight is 369 g/mol. The zero-order valence-electron chi connectivity index (χ0n) is 18.5. The van der Waals surface area contributed by atoms with Crippen molar-refractivity contribution in [2.75, 3.05) is 0 Å². The summed E-state index contributed by atoms with van der Waals surface area (Å²) < 4.78 is 5.56. The van der Waals surface area contributed by atoms with Crippen molar-refractivity contribution >= 4 is 5.97 Å². The Bertz CT molecular complexity index is 309. The van der Waals surface area contributed by atoms with Crippen molar-refractivity contribution in [3.8, 4) is 0 Å². The van der Waals surface area contributed by atoms with Crippen LogP contribution in [0.4, 0.5) is 0 Å². The number of carbonyl (C=O) groups excluding carboxylic acids is 1. The van der Waals surface area contributed by atoms with Gasteiger partial charge >= 0.3 is 5.97 Å². The van der Waals surface area contributed by atoms with E-state index < -0.39 is 0 Å². The maximum absolute atomic E-state index is 11.8. The third-order valence-corrected chi connectivity index (χ3v) is 5.23. The molecule has 0 atom stereocenters. The Balaban J connectivity index is 3.25. The fourth-order valence-corrected chi connectivity index (χ4v) is 3.65. The summed E-state index contributed by atoms with van der Waals surface area (Å²) in [7, 11) is 0. The minimum Gasteiger partial charge on any atom is -0.460 e. The van der Waals surface area contributed by atoms with Crippen LogP contribution in [-0.4, -0.2) is 11.6 Å². The maximum Gasteiger partial charge on any atom is 0.306 e. The van der Waals surface area contributed by atoms with Gasteiger partial charge in [-0.1, -0.05) is 110 Å². The molecule has 26 heavy (non-hydrogen) atoms. The Kier molecular flexibility index (Phi) is 17.5. The van der Waals surface area contributed by atoms with Gasteiger partial charge in [0.1, 0.15) is 5.60 Å². The number of hydrogen-bond donors (Lipinski definition) is 0. The van der Waals surface area contributed by atoms with E-state index in [0.717, 1.165) is 19.3 Å². The van der Waals surface area contributed by atoms with Crippen molar-refractivity contribution in [2.45, 2.75) is 149 Å². The van der Waals surface area contributed by atoms with Gasteiger partial charge in [-0.25, -0.2) is 0 Å². The number of carbonyl (C=O) groups is 1. The fourth-order valence-electron chi connectivity index (χ4n) is 3.65. The molecule has 0 aromatic heterocycles. The predicted molar refractivity (Wildman–Crippen MR) is 115 cm³/mol. The van der Waals surface area contributed by atoms with E-state index in [2.05, 4.69) is 13.8 Å². The van der Waals surface area contributed by atoms with E-state index >= 15 is 0 Å². The molecule has 0 N–H and O–H groups in total. The minimum absolute atomic E-state index is 0.0156. The summed E-state index contributed by atoms with van der Waals surface area (Å²) >= 11 is 0. The van der Waals surface area contributed by atoms with E-state index in [1.165, 1.54) is 89.9 Å². The van der Waals surface area contributed by atoms with Crippen LogP contribution in [0.3, 0.4) is 0 Å². The standard InChI is InChI=1S/C24H48O2/c1-5-7-8-9-10-11-12-13-14-15-16-17-18-19-20-21-23(25)26-24(3,4)22-6-2/h5-22H2,1-4H3. The normalized spacial score (nSPS) is 11.7. The molecule has 0 saturated carbocycles. The lowest BCUT2D eigenvalue weighted by atomic mass is 10.0. The second-order valence-corrected chi connectivity index (χ2v) is 8.68. The molecule has 0 spiro atoms. The smallest absolute Gasteiger partial charge is 0.306 e. The summed E-state index contributed by atoms with van der Waals surface area (Å²) in [6, 6.07) is 0. The molecular weight excluding hydrogens is 320 g/mol. The van der Waals surface area contributed by atoms with Gasteiger partial charge in [0, 0.05) is 6.42 Å². The van der Waals surface area contributed by atoms with Gasteiger partial charge in [0.2, 0.25) is 0 Å². The van der Waals surface area contributed by atoms with Crippen molar-refractivity contribution in [3.63, 3.8) is 0 Å². The molecule has 0 aromatic carbocycles. The lowest BCUT2D eigenvalue weighted by Crippen LogP contribution is -2.27. The molecule has 0 aliphatic rings.